The van der Waals surface area contributed by atoms with E-state index in [-0.39, 0.29) is 12.0 Å². The fourth-order valence-electron chi connectivity index (χ4n) is 1.28. The SMILES string of the molecule is CCCCCC(OP(=O)(O)O)C(C)C. The molecule has 0 aliphatic rings. The number of phosphoric ester groups is 1. The Morgan fingerprint density at radius 1 is 1.29 bits per heavy atom. The lowest BCUT2D eigenvalue weighted by Crippen LogP contribution is -2.18. The average molecular weight is 224 g/mol. The second-order valence-electron chi connectivity index (χ2n) is 3.87. The molecule has 0 amide bonds. The summed E-state index contributed by atoms with van der Waals surface area (Å²) in [5.74, 6) is 0.138. The van der Waals surface area contributed by atoms with Crippen LogP contribution in [0.25, 0.3) is 0 Å². The van der Waals surface area contributed by atoms with Crippen molar-refractivity contribution in [2.24, 2.45) is 5.92 Å². The van der Waals surface area contributed by atoms with Gasteiger partial charge in [0.1, 0.15) is 0 Å². The number of hydrogen-bond acceptors (Lipinski definition) is 2. The zero-order valence-corrected chi connectivity index (χ0v) is 10.0. The summed E-state index contributed by atoms with van der Waals surface area (Å²) in [7, 11) is -4.32. The molecule has 0 spiro atoms. The van der Waals surface area contributed by atoms with Crippen LogP contribution < -0.4 is 0 Å². The number of hydrogen-bond donors (Lipinski definition) is 2. The molecule has 0 saturated heterocycles. The van der Waals surface area contributed by atoms with Gasteiger partial charge in [-0.05, 0) is 12.3 Å². The minimum absolute atomic E-state index is 0.138. The molecule has 0 aromatic rings. The Kier molecular flexibility index (Phi) is 6.62. The van der Waals surface area contributed by atoms with E-state index >= 15 is 0 Å². The molecular formula is C9H21O4P. The van der Waals surface area contributed by atoms with Crippen molar-refractivity contribution < 1.29 is 18.9 Å². The monoisotopic (exact) mass is 224 g/mol. The zero-order valence-electron chi connectivity index (χ0n) is 9.14. The summed E-state index contributed by atoms with van der Waals surface area (Å²) < 4.78 is 15.4. The fraction of sp³-hybridized carbons (Fsp3) is 1.00. The van der Waals surface area contributed by atoms with E-state index in [1.54, 1.807) is 0 Å². The van der Waals surface area contributed by atoms with Crippen molar-refractivity contribution in [3.63, 3.8) is 0 Å². The quantitative estimate of drug-likeness (QED) is 0.515. The summed E-state index contributed by atoms with van der Waals surface area (Å²) in [6.07, 6.45) is 3.52. The molecule has 0 fully saturated rings. The smallest absolute Gasteiger partial charge is 0.303 e. The first kappa shape index (κ1) is 14.1. The van der Waals surface area contributed by atoms with Crippen LogP contribution in [0.3, 0.4) is 0 Å². The molecule has 0 aromatic carbocycles. The molecule has 0 bridgehead atoms. The van der Waals surface area contributed by atoms with Gasteiger partial charge in [-0.2, -0.15) is 0 Å². The Labute approximate surface area is 85.9 Å². The number of phosphoric acid groups is 1. The Bertz CT molecular complexity index is 187. The first-order valence-electron chi connectivity index (χ1n) is 5.10. The summed E-state index contributed by atoms with van der Waals surface area (Å²) >= 11 is 0. The van der Waals surface area contributed by atoms with Crippen LogP contribution in [-0.2, 0) is 9.09 Å². The van der Waals surface area contributed by atoms with Crippen molar-refractivity contribution in [1.82, 2.24) is 0 Å². The maximum absolute atomic E-state index is 10.7. The van der Waals surface area contributed by atoms with Crippen LogP contribution in [-0.4, -0.2) is 15.9 Å². The molecule has 2 N–H and O–H groups in total. The third-order valence-corrected chi connectivity index (χ3v) is 2.65. The van der Waals surface area contributed by atoms with Crippen molar-refractivity contribution in [2.75, 3.05) is 0 Å². The van der Waals surface area contributed by atoms with Crippen LogP contribution in [0.4, 0.5) is 0 Å². The summed E-state index contributed by atoms with van der Waals surface area (Å²) in [5.41, 5.74) is 0. The van der Waals surface area contributed by atoms with Gasteiger partial charge < -0.3 is 9.79 Å². The predicted octanol–water partition coefficient (Wildman–Crippen LogP) is 2.70. The molecule has 1 atom stereocenters. The van der Waals surface area contributed by atoms with Gasteiger partial charge in [0.2, 0.25) is 0 Å². The summed E-state index contributed by atoms with van der Waals surface area (Å²) in [6.45, 7) is 5.91. The fourth-order valence-corrected chi connectivity index (χ4v) is 1.98. The normalized spacial score (nSPS) is 14.7. The minimum atomic E-state index is -4.32. The largest absolute Gasteiger partial charge is 0.469 e. The van der Waals surface area contributed by atoms with E-state index in [4.69, 9.17) is 14.3 Å². The third-order valence-electron chi connectivity index (χ3n) is 2.11. The van der Waals surface area contributed by atoms with Crippen molar-refractivity contribution in [1.29, 1.82) is 0 Å². The molecule has 1 unspecified atom stereocenters. The van der Waals surface area contributed by atoms with E-state index in [1.165, 1.54) is 0 Å². The van der Waals surface area contributed by atoms with Gasteiger partial charge in [-0.15, -0.1) is 0 Å². The molecule has 0 aromatic heterocycles. The van der Waals surface area contributed by atoms with Gasteiger partial charge in [0.15, 0.2) is 0 Å². The van der Waals surface area contributed by atoms with Crippen molar-refractivity contribution in [3.05, 3.63) is 0 Å². The predicted molar refractivity (Wildman–Crippen MR) is 55.9 cm³/mol. The maximum Gasteiger partial charge on any atom is 0.469 e. The van der Waals surface area contributed by atoms with Crippen LogP contribution in [0, 0.1) is 5.92 Å². The Balaban J connectivity index is 3.97. The lowest BCUT2D eigenvalue weighted by Gasteiger charge is -2.21. The van der Waals surface area contributed by atoms with E-state index in [1.807, 2.05) is 13.8 Å². The zero-order chi connectivity index (χ0) is 11.2. The highest BCUT2D eigenvalue weighted by molar-refractivity contribution is 7.46. The third kappa shape index (κ3) is 7.51. The Hall–Kier alpha value is 0.110. The first-order valence-corrected chi connectivity index (χ1v) is 6.63. The van der Waals surface area contributed by atoms with Crippen molar-refractivity contribution in [2.45, 2.75) is 52.6 Å². The van der Waals surface area contributed by atoms with E-state index in [9.17, 15) is 4.57 Å². The molecule has 14 heavy (non-hydrogen) atoms. The average Bonchev–Trinajstić information content (AvgIpc) is 2.00. The summed E-state index contributed by atoms with van der Waals surface area (Å²) in [5, 5.41) is 0. The molecule has 0 radical (unpaired) electrons. The molecule has 0 aliphatic heterocycles. The molecule has 0 heterocycles. The second kappa shape index (κ2) is 6.57. The van der Waals surface area contributed by atoms with Gasteiger partial charge >= 0.3 is 7.82 Å². The van der Waals surface area contributed by atoms with Crippen LogP contribution in [0.2, 0.25) is 0 Å². The van der Waals surface area contributed by atoms with Crippen LogP contribution in [0.5, 0.6) is 0 Å². The lowest BCUT2D eigenvalue weighted by molar-refractivity contribution is 0.0913. The van der Waals surface area contributed by atoms with Crippen LogP contribution in [0.15, 0.2) is 0 Å². The molecule has 5 heteroatoms. The highest BCUT2D eigenvalue weighted by atomic mass is 31.2. The van der Waals surface area contributed by atoms with Gasteiger partial charge in [0, 0.05) is 0 Å². The van der Waals surface area contributed by atoms with Crippen molar-refractivity contribution >= 4 is 7.82 Å². The van der Waals surface area contributed by atoms with Gasteiger partial charge in [-0.25, -0.2) is 4.57 Å². The minimum Gasteiger partial charge on any atom is -0.303 e. The number of unbranched alkanes of at least 4 members (excludes halogenated alkanes) is 2. The van der Waals surface area contributed by atoms with Gasteiger partial charge in [0.05, 0.1) is 6.10 Å². The molecule has 0 aliphatic carbocycles. The lowest BCUT2D eigenvalue weighted by atomic mass is 10.0. The van der Waals surface area contributed by atoms with E-state index in [0.717, 1.165) is 25.7 Å². The summed E-state index contributed by atoms with van der Waals surface area (Å²) in [4.78, 5) is 17.4. The molecule has 0 saturated carbocycles. The highest BCUT2D eigenvalue weighted by Gasteiger charge is 2.24. The van der Waals surface area contributed by atoms with Gasteiger partial charge in [-0.1, -0.05) is 40.0 Å². The van der Waals surface area contributed by atoms with Crippen LogP contribution >= 0.6 is 7.82 Å². The van der Waals surface area contributed by atoms with Crippen molar-refractivity contribution in [3.8, 4) is 0 Å². The summed E-state index contributed by atoms with van der Waals surface area (Å²) in [6, 6.07) is 0. The Morgan fingerprint density at radius 2 is 1.86 bits per heavy atom. The maximum atomic E-state index is 10.7. The Morgan fingerprint density at radius 3 is 2.21 bits per heavy atom. The van der Waals surface area contributed by atoms with E-state index in [0.29, 0.717) is 0 Å². The molecule has 0 rings (SSSR count). The topological polar surface area (TPSA) is 66.8 Å². The molecule has 4 nitrogen and oxygen atoms in total. The molecular weight excluding hydrogens is 203 g/mol. The second-order valence-corrected chi connectivity index (χ2v) is 5.07. The van der Waals surface area contributed by atoms with Gasteiger partial charge in [0.25, 0.3) is 0 Å². The van der Waals surface area contributed by atoms with Crippen LogP contribution in [0.1, 0.15) is 46.5 Å². The van der Waals surface area contributed by atoms with Gasteiger partial charge in [-0.3, -0.25) is 4.52 Å². The first-order chi connectivity index (χ1) is 6.37. The van der Waals surface area contributed by atoms with E-state index in [2.05, 4.69) is 6.92 Å². The standard InChI is InChI=1S/C9H21O4P/c1-4-5-6-7-9(8(2)3)13-14(10,11)12/h8-9H,4-7H2,1-3H3,(H2,10,11,12). The molecule has 86 valence electrons. The number of rotatable bonds is 7. The highest BCUT2D eigenvalue weighted by Crippen LogP contribution is 2.40. The van der Waals surface area contributed by atoms with E-state index < -0.39 is 7.82 Å².